The van der Waals surface area contributed by atoms with E-state index < -0.39 is 0 Å². The van der Waals surface area contributed by atoms with Crippen LogP contribution in [0.25, 0.3) is 10.6 Å². The van der Waals surface area contributed by atoms with Gasteiger partial charge in [0.05, 0.1) is 0 Å². The highest BCUT2D eigenvalue weighted by Crippen LogP contribution is 2.29. The minimum absolute atomic E-state index is 0.180. The van der Waals surface area contributed by atoms with Gasteiger partial charge in [0.25, 0.3) is 0 Å². The summed E-state index contributed by atoms with van der Waals surface area (Å²) < 4.78 is 1.08. The second kappa shape index (κ2) is 6.99. The van der Waals surface area contributed by atoms with Gasteiger partial charge >= 0.3 is 0 Å². The molecule has 0 aliphatic rings. The molecule has 0 aliphatic carbocycles. The lowest BCUT2D eigenvalue weighted by Gasteiger charge is -2.20. The van der Waals surface area contributed by atoms with Gasteiger partial charge in [-0.15, -0.1) is 10.2 Å². The van der Waals surface area contributed by atoms with Crippen LogP contribution in [-0.4, -0.2) is 22.3 Å². The predicted molar refractivity (Wildman–Crippen MR) is 93.9 cm³/mol. The summed E-state index contributed by atoms with van der Waals surface area (Å²) in [5.41, 5.74) is 2.58. The normalized spacial score (nSPS) is 11.9. The van der Waals surface area contributed by atoms with Gasteiger partial charge in [-0.2, -0.15) is 0 Å². The SMILES string of the molecule is Cc1ccc(Br)cc1-c1nnc(CCCNC(C)(C)C)s1. The van der Waals surface area contributed by atoms with E-state index in [2.05, 4.69) is 77.3 Å². The quantitative estimate of drug-likeness (QED) is 0.784. The second-order valence-corrected chi connectivity index (χ2v) is 8.22. The van der Waals surface area contributed by atoms with E-state index in [0.29, 0.717) is 0 Å². The molecule has 0 unspecified atom stereocenters. The van der Waals surface area contributed by atoms with E-state index in [1.165, 1.54) is 11.1 Å². The Morgan fingerprint density at radius 1 is 1.24 bits per heavy atom. The van der Waals surface area contributed by atoms with E-state index in [0.717, 1.165) is 33.9 Å². The fourth-order valence-electron chi connectivity index (χ4n) is 1.99. The molecule has 0 saturated heterocycles. The maximum atomic E-state index is 4.34. The van der Waals surface area contributed by atoms with E-state index in [1.807, 2.05) is 0 Å². The van der Waals surface area contributed by atoms with Crippen molar-refractivity contribution in [1.29, 1.82) is 0 Å². The first-order valence-electron chi connectivity index (χ1n) is 7.19. The first kappa shape index (κ1) is 16.6. The Bertz CT molecular complexity index is 602. The van der Waals surface area contributed by atoms with Crippen LogP contribution in [0, 0.1) is 6.92 Å². The molecule has 0 saturated carbocycles. The summed E-state index contributed by atoms with van der Waals surface area (Å²) >= 11 is 5.21. The van der Waals surface area contributed by atoms with Crippen LogP contribution in [0.2, 0.25) is 0 Å². The highest BCUT2D eigenvalue weighted by atomic mass is 79.9. The number of hydrogen-bond donors (Lipinski definition) is 1. The highest BCUT2D eigenvalue weighted by molar-refractivity contribution is 9.10. The van der Waals surface area contributed by atoms with Crippen molar-refractivity contribution >= 4 is 27.3 Å². The van der Waals surface area contributed by atoms with Crippen molar-refractivity contribution < 1.29 is 0 Å². The zero-order valence-corrected chi connectivity index (χ0v) is 15.4. The Balaban J connectivity index is 1.97. The van der Waals surface area contributed by atoms with Crippen LogP contribution in [0.5, 0.6) is 0 Å². The average molecular weight is 368 g/mol. The molecular formula is C16H22BrN3S. The number of nitrogens with one attached hydrogen (secondary N) is 1. The summed E-state index contributed by atoms with van der Waals surface area (Å²) in [5.74, 6) is 0. The van der Waals surface area contributed by atoms with Crippen LogP contribution in [0.15, 0.2) is 22.7 Å². The van der Waals surface area contributed by atoms with Crippen molar-refractivity contribution in [1.82, 2.24) is 15.5 Å². The van der Waals surface area contributed by atoms with Gasteiger partial charge in [0, 0.05) is 22.0 Å². The van der Waals surface area contributed by atoms with E-state index in [4.69, 9.17) is 0 Å². The van der Waals surface area contributed by atoms with Crippen molar-refractivity contribution in [2.75, 3.05) is 6.54 Å². The van der Waals surface area contributed by atoms with E-state index >= 15 is 0 Å². The number of aromatic nitrogens is 2. The van der Waals surface area contributed by atoms with Gasteiger partial charge in [-0.05, 0) is 58.4 Å². The Morgan fingerprint density at radius 3 is 2.71 bits per heavy atom. The topological polar surface area (TPSA) is 37.8 Å². The number of rotatable bonds is 5. The molecule has 114 valence electrons. The fraction of sp³-hybridized carbons (Fsp3) is 0.500. The van der Waals surface area contributed by atoms with Crippen molar-refractivity contribution in [2.45, 2.75) is 46.1 Å². The molecule has 0 fully saturated rings. The molecule has 0 aliphatic heterocycles. The van der Waals surface area contributed by atoms with Gasteiger partial charge in [0.15, 0.2) is 0 Å². The van der Waals surface area contributed by atoms with Crippen LogP contribution in [0.3, 0.4) is 0 Å². The molecule has 0 radical (unpaired) electrons. The summed E-state index contributed by atoms with van der Waals surface area (Å²) in [6.45, 7) is 9.68. The number of halogens is 1. The van der Waals surface area contributed by atoms with E-state index in [9.17, 15) is 0 Å². The maximum Gasteiger partial charge on any atom is 0.148 e. The molecule has 1 aromatic heterocycles. The van der Waals surface area contributed by atoms with Gasteiger partial charge in [0.1, 0.15) is 10.0 Å². The van der Waals surface area contributed by atoms with E-state index in [1.54, 1.807) is 11.3 Å². The molecule has 3 nitrogen and oxygen atoms in total. The molecule has 0 amide bonds. The summed E-state index contributed by atoms with van der Waals surface area (Å²) in [7, 11) is 0. The smallest absolute Gasteiger partial charge is 0.148 e. The molecule has 1 heterocycles. The van der Waals surface area contributed by atoms with Gasteiger partial charge < -0.3 is 5.32 Å². The first-order chi connectivity index (χ1) is 9.85. The van der Waals surface area contributed by atoms with Gasteiger partial charge in [-0.3, -0.25) is 0 Å². The van der Waals surface area contributed by atoms with Gasteiger partial charge in [0.2, 0.25) is 0 Å². The second-order valence-electron chi connectivity index (χ2n) is 6.24. The number of nitrogens with zero attached hydrogens (tertiary/aromatic N) is 2. The molecule has 21 heavy (non-hydrogen) atoms. The van der Waals surface area contributed by atoms with Crippen molar-refractivity contribution in [3.8, 4) is 10.6 Å². The number of hydrogen-bond acceptors (Lipinski definition) is 4. The number of aryl methyl sites for hydroxylation is 2. The molecule has 0 bridgehead atoms. The summed E-state index contributed by atoms with van der Waals surface area (Å²) in [6.07, 6.45) is 2.07. The minimum atomic E-state index is 0.180. The Labute approximate surface area is 139 Å². The van der Waals surface area contributed by atoms with Gasteiger partial charge in [-0.25, -0.2) is 0 Å². The molecule has 0 spiro atoms. The Kier molecular flexibility index (Phi) is 5.52. The third-order valence-electron chi connectivity index (χ3n) is 3.12. The van der Waals surface area contributed by atoms with Crippen molar-refractivity contribution in [3.05, 3.63) is 33.2 Å². The summed E-state index contributed by atoms with van der Waals surface area (Å²) in [5, 5.41) is 14.3. The van der Waals surface area contributed by atoms with E-state index in [-0.39, 0.29) is 5.54 Å². The lowest BCUT2D eigenvalue weighted by atomic mass is 10.1. The van der Waals surface area contributed by atoms with Crippen LogP contribution in [0.1, 0.15) is 37.8 Å². The zero-order valence-electron chi connectivity index (χ0n) is 13.0. The third kappa shape index (κ3) is 5.16. The molecule has 0 atom stereocenters. The van der Waals surface area contributed by atoms with Crippen LogP contribution < -0.4 is 5.32 Å². The highest BCUT2D eigenvalue weighted by Gasteiger charge is 2.11. The van der Waals surface area contributed by atoms with Gasteiger partial charge in [-0.1, -0.05) is 33.3 Å². The molecule has 2 rings (SSSR count). The predicted octanol–water partition coefficient (Wildman–Crippen LogP) is 4.60. The fourth-order valence-corrected chi connectivity index (χ4v) is 3.31. The maximum absolute atomic E-state index is 4.34. The summed E-state index contributed by atoms with van der Waals surface area (Å²) in [4.78, 5) is 0. The zero-order chi connectivity index (χ0) is 15.5. The first-order valence-corrected chi connectivity index (χ1v) is 8.80. The van der Waals surface area contributed by atoms with Crippen molar-refractivity contribution in [3.63, 3.8) is 0 Å². The molecule has 1 N–H and O–H groups in total. The number of benzene rings is 1. The minimum Gasteiger partial charge on any atom is -0.312 e. The molecule has 2 aromatic rings. The summed E-state index contributed by atoms with van der Waals surface area (Å²) in [6, 6.07) is 6.27. The average Bonchev–Trinajstić information content (AvgIpc) is 2.85. The van der Waals surface area contributed by atoms with Crippen molar-refractivity contribution in [2.24, 2.45) is 0 Å². The lowest BCUT2D eigenvalue weighted by molar-refractivity contribution is 0.422. The standard InChI is InChI=1S/C16H22BrN3S/c1-11-7-8-12(17)10-13(11)15-20-19-14(21-15)6-5-9-18-16(2,3)4/h7-8,10,18H,5-6,9H2,1-4H3. The van der Waals surface area contributed by atoms with Crippen LogP contribution >= 0.6 is 27.3 Å². The van der Waals surface area contributed by atoms with Crippen LogP contribution in [0.4, 0.5) is 0 Å². The lowest BCUT2D eigenvalue weighted by Crippen LogP contribution is -2.36. The largest absolute Gasteiger partial charge is 0.312 e. The Morgan fingerprint density at radius 2 is 2.00 bits per heavy atom. The van der Waals surface area contributed by atoms with Crippen LogP contribution in [-0.2, 0) is 6.42 Å². The molecular weight excluding hydrogens is 346 g/mol. The third-order valence-corrected chi connectivity index (χ3v) is 4.63. The Hall–Kier alpha value is -0.780. The molecule has 1 aromatic carbocycles. The monoisotopic (exact) mass is 367 g/mol. The molecule has 5 heteroatoms.